The van der Waals surface area contributed by atoms with E-state index in [-0.39, 0.29) is 12.3 Å². The van der Waals surface area contributed by atoms with Crippen LogP contribution in [-0.2, 0) is 10.3 Å². The SMILES string of the molecule is Cc1ccc([C@]2(C)NC(=O)N(CC(=O)c3cc(C)ccc3C)C2=O)cc1. The van der Waals surface area contributed by atoms with Crippen LogP contribution in [0.25, 0.3) is 0 Å². The van der Waals surface area contributed by atoms with Crippen LogP contribution in [0.4, 0.5) is 4.79 Å². The van der Waals surface area contributed by atoms with Gasteiger partial charge in [0.25, 0.3) is 5.91 Å². The fourth-order valence-corrected chi connectivity index (χ4v) is 3.19. The normalized spacial score (nSPS) is 19.6. The molecule has 0 aliphatic carbocycles. The van der Waals surface area contributed by atoms with E-state index in [2.05, 4.69) is 5.32 Å². The summed E-state index contributed by atoms with van der Waals surface area (Å²) in [5.74, 6) is -0.659. The number of hydrogen-bond acceptors (Lipinski definition) is 3. The third kappa shape index (κ3) is 3.01. The first kappa shape index (κ1) is 17.9. The van der Waals surface area contributed by atoms with Crippen LogP contribution >= 0.6 is 0 Å². The van der Waals surface area contributed by atoms with E-state index >= 15 is 0 Å². The van der Waals surface area contributed by atoms with Crippen LogP contribution in [0.15, 0.2) is 42.5 Å². The molecule has 0 spiro atoms. The fourth-order valence-electron chi connectivity index (χ4n) is 3.19. The van der Waals surface area contributed by atoms with Crippen molar-refractivity contribution in [3.05, 3.63) is 70.3 Å². The highest BCUT2D eigenvalue weighted by Gasteiger charge is 2.49. The Morgan fingerprint density at radius 1 is 1.00 bits per heavy atom. The molecule has 1 fully saturated rings. The van der Waals surface area contributed by atoms with Crippen LogP contribution in [-0.4, -0.2) is 29.2 Å². The van der Waals surface area contributed by atoms with Gasteiger partial charge in [0.15, 0.2) is 5.78 Å². The van der Waals surface area contributed by atoms with Crippen molar-refractivity contribution in [1.29, 1.82) is 0 Å². The lowest BCUT2D eigenvalue weighted by molar-refractivity contribution is -0.130. The summed E-state index contributed by atoms with van der Waals surface area (Å²) in [6.45, 7) is 7.10. The number of carbonyl (C=O) groups is 3. The molecule has 1 aliphatic rings. The summed E-state index contributed by atoms with van der Waals surface area (Å²) in [7, 11) is 0. The van der Waals surface area contributed by atoms with E-state index in [0.29, 0.717) is 11.1 Å². The summed E-state index contributed by atoms with van der Waals surface area (Å²) in [6.07, 6.45) is 0. The second-order valence-corrected chi connectivity index (χ2v) is 7.05. The second kappa shape index (κ2) is 6.41. The molecule has 1 aliphatic heterocycles. The number of carbonyl (C=O) groups excluding carboxylic acids is 3. The van der Waals surface area contributed by atoms with Gasteiger partial charge in [-0.25, -0.2) is 4.79 Å². The van der Waals surface area contributed by atoms with E-state index in [4.69, 9.17) is 0 Å². The van der Waals surface area contributed by atoms with Crippen LogP contribution in [0.5, 0.6) is 0 Å². The lowest BCUT2D eigenvalue weighted by atomic mass is 9.91. The van der Waals surface area contributed by atoms with Crippen molar-refractivity contribution in [2.75, 3.05) is 6.54 Å². The molecule has 0 saturated carbocycles. The third-order valence-corrected chi connectivity index (χ3v) is 4.90. The number of urea groups is 1. The Labute approximate surface area is 153 Å². The van der Waals surface area contributed by atoms with Crippen molar-refractivity contribution in [3.63, 3.8) is 0 Å². The minimum atomic E-state index is -1.16. The molecule has 0 bridgehead atoms. The smallest absolute Gasteiger partial charge is 0.319 e. The number of imide groups is 1. The zero-order chi connectivity index (χ0) is 19.1. The molecule has 1 saturated heterocycles. The molecule has 3 amide bonds. The fraction of sp³-hybridized carbons (Fsp3) is 0.286. The first-order chi connectivity index (χ1) is 12.2. The maximum Gasteiger partial charge on any atom is 0.325 e. The Morgan fingerprint density at radius 2 is 1.62 bits per heavy atom. The zero-order valence-electron chi connectivity index (χ0n) is 15.4. The Bertz CT molecular complexity index is 902. The van der Waals surface area contributed by atoms with Gasteiger partial charge in [0, 0.05) is 5.56 Å². The van der Waals surface area contributed by atoms with Gasteiger partial charge in [-0.05, 0) is 44.9 Å². The number of Topliss-reactive ketones (excluding diaryl/α,β-unsaturated/α-hetero) is 1. The van der Waals surface area contributed by atoms with Crippen LogP contribution in [0, 0.1) is 20.8 Å². The van der Waals surface area contributed by atoms with Crippen LogP contribution < -0.4 is 5.32 Å². The molecule has 0 radical (unpaired) electrons. The topological polar surface area (TPSA) is 66.5 Å². The van der Waals surface area contributed by atoms with Crippen LogP contribution in [0.1, 0.15) is 39.5 Å². The van der Waals surface area contributed by atoms with Gasteiger partial charge in [-0.1, -0.05) is 47.5 Å². The van der Waals surface area contributed by atoms with E-state index in [0.717, 1.165) is 21.6 Å². The van der Waals surface area contributed by atoms with Crippen molar-refractivity contribution in [2.24, 2.45) is 0 Å². The first-order valence-corrected chi connectivity index (χ1v) is 8.54. The summed E-state index contributed by atoms with van der Waals surface area (Å²) < 4.78 is 0. The molecule has 5 heteroatoms. The van der Waals surface area contributed by atoms with Crippen molar-refractivity contribution in [2.45, 2.75) is 33.2 Å². The molecular weight excluding hydrogens is 328 g/mol. The molecule has 5 nitrogen and oxygen atoms in total. The Morgan fingerprint density at radius 3 is 2.27 bits per heavy atom. The van der Waals surface area contributed by atoms with Crippen LogP contribution in [0.3, 0.4) is 0 Å². The van der Waals surface area contributed by atoms with Gasteiger partial charge in [0.2, 0.25) is 0 Å². The minimum Gasteiger partial charge on any atom is -0.319 e. The molecule has 134 valence electrons. The van der Waals surface area contributed by atoms with Gasteiger partial charge in [0.05, 0.1) is 6.54 Å². The molecule has 2 aromatic carbocycles. The number of amides is 3. The minimum absolute atomic E-state index is 0.247. The molecule has 3 rings (SSSR count). The summed E-state index contributed by atoms with van der Waals surface area (Å²) in [6, 6.07) is 12.5. The average molecular weight is 350 g/mol. The predicted octanol–water partition coefficient (Wildman–Crippen LogP) is 3.26. The summed E-state index contributed by atoms with van der Waals surface area (Å²) in [5.41, 5.74) is 2.93. The standard InChI is InChI=1S/C21H22N2O3/c1-13-6-9-16(10-7-13)21(4)19(25)23(20(26)22-21)12-18(24)17-11-14(2)5-8-15(17)3/h5-11H,12H2,1-4H3,(H,22,26)/t21-/m0/s1. The summed E-state index contributed by atoms with van der Waals surface area (Å²) in [4.78, 5) is 39.0. The van der Waals surface area contributed by atoms with E-state index in [9.17, 15) is 14.4 Å². The summed E-state index contributed by atoms with van der Waals surface area (Å²) in [5, 5.41) is 2.73. The number of aryl methyl sites for hydroxylation is 3. The van der Waals surface area contributed by atoms with Gasteiger partial charge < -0.3 is 5.32 Å². The van der Waals surface area contributed by atoms with E-state index < -0.39 is 17.5 Å². The molecule has 2 aromatic rings. The molecule has 26 heavy (non-hydrogen) atoms. The summed E-state index contributed by atoms with van der Waals surface area (Å²) >= 11 is 0. The number of ketones is 1. The lowest BCUT2D eigenvalue weighted by Crippen LogP contribution is -2.41. The molecule has 0 aromatic heterocycles. The molecule has 1 atom stereocenters. The number of benzene rings is 2. The highest BCUT2D eigenvalue weighted by Crippen LogP contribution is 2.29. The van der Waals surface area contributed by atoms with Gasteiger partial charge in [-0.2, -0.15) is 0 Å². The maximum absolute atomic E-state index is 12.9. The van der Waals surface area contributed by atoms with Crippen LogP contribution in [0.2, 0.25) is 0 Å². The van der Waals surface area contributed by atoms with Gasteiger partial charge in [0.1, 0.15) is 5.54 Å². The lowest BCUT2D eigenvalue weighted by Gasteiger charge is -2.22. The highest BCUT2D eigenvalue weighted by molar-refractivity contribution is 6.11. The van der Waals surface area contributed by atoms with Gasteiger partial charge in [-0.15, -0.1) is 0 Å². The second-order valence-electron chi connectivity index (χ2n) is 7.05. The van der Waals surface area contributed by atoms with Gasteiger partial charge >= 0.3 is 6.03 Å². The highest BCUT2D eigenvalue weighted by atomic mass is 16.2. The largest absolute Gasteiger partial charge is 0.325 e. The van der Waals surface area contributed by atoms with Crippen molar-refractivity contribution < 1.29 is 14.4 Å². The Kier molecular flexibility index (Phi) is 4.40. The Hall–Kier alpha value is -2.95. The third-order valence-electron chi connectivity index (χ3n) is 4.90. The number of hydrogen-bond donors (Lipinski definition) is 1. The number of nitrogens with zero attached hydrogens (tertiary/aromatic N) is 1. The molecular formula is C21H22N2O3. The van der Waals surface area contributed by atoms with Crippen molar-refractivity contribution >= 4 is 17.7 Å². The van der Waals surface area contributed by atoms with E-state index in [1.165, 1.54) is 0 Å². The van der Waals surface area contributed by atoms with E-state index in [1.807, 2.05) is 57.2 Å². The first-order valence-electron chi connectivity index (χ1n) is 8.54. The maximum atomic E-state index is 12.9. The van der Waals surface area contributed by atoms with Crippen molar-refractivity contribution in [1.82, 2.24) is 10.2 Å². The number of nitrogens with one attached hydrogen (secondary N) is 1. The van der Waals surface area contributed by atoms with Gasteiger partial charge in [-0.3, -0.25) is 14.5 Å². The molecule has 1 N–H and O–H groups in total. The number of rotatable bonds is 4. The average Bonchev–Trinajstić information content (AvgIpc) is 2.81. The zero-order valence-corrected chi connectivity index (χ0v) is 15.4. The van der Waals surface area contributed by atoms with E-state index in [1.54, 1.807) is 13.0 Å². The molecule has 0 unspecified atom stereocenters. The predicted molar refractivity (Wildman–Crippen MR) is 99.0 cm³/mol. The van der Waals surface area contributed by atoms with Crippen molar-refractivity contribution in [3.8, 4) is 0 Å². The Balaban J connectivity index is 1.86. The quantitative estimate of drug-likeness (QED) is 0.680. The molecule has 1 heterocycles. The monoisotopic (exact) mass is 350 g/mol.